The highest BCUT2D eigenvalue weighted by atomic mass is 35.5. The molecule has 0 aliphatic rings. The molecule has 0 aromatic carbocycles. The molecular formula is C10H11ClN2S2. The first-order valence-electron chi connectivity index (χ1n) is 4.66. The average Bonchev–Trinajstić information content (AvgIpc) is 2.84. The lowest BCUT2D eigenvalue weighted by atomic mass is 10.3. The van der Waals surface area contributed by atoms with Crippen molar-refractivity contribution in [3.8, 4) is 0 Å². The Morgan fingerprint density at radius 2 is 2.33 bits per heavy atom. The monoisotopic (exact) mass is 258 g/mol. The summed E-state index contributed by atoms with van der Waals surface area (Å²) in [4.78, 5) is 5.50. The van der Waals surface area contributed by atoms with Gasteiger partial charge in [0.15, 0.2) is 0 Å². The Bertz CT molecular complexity index is 397. The smallest absolute Gasteiger partial charge is 0.0931 e. The van der Waals surface area contributed by atoms with Crippen LogP contribution < -0.4 is 5.32 Å². The second-order valence-corrected chi connectivity index (χ2v) is 5.63. The fraction of sp³-hybridized carbons (Fsp3) is 0.300. The third-order valence-corrected chi connectivity index (χ3v) is 3.84. The van der Waals surface area contributed by atoms with Gasteiger partial charge in [-0.15, -0.1) is 22.7 Å². The highest BCUT2D eigenvalue weighted by Gasteiger charge is 1.98. The van der Waals surface area contributed by atoms with Gasteiger partial charge in [0.2, 0.25) is 0 Å². The lowest BCUT2D eigenvalue weighted by Crippen LogP contribution is -2.15. The Labute approximate surface area is 102 Å². The molecule has 0 amide bonds. The predicted octanol–water partition coefficient (Wildman–Crippen LogP) is 3.19. The number of aromatic nitrogens is 1. The van der Waals surface area contributed by atoms with E-state index in [1.807, 2.05) is 11.6 Å². The highest BCUT2D eigenvalue weighted by Crippen LogP contribution is 2.20. The minimum Gasteiger partial charge on any atom is -0.311 e. The Morgan fingerprint density at radius 3 is 3.00 bits per heavy atom. The summed E-state index contributed by atoms with van der Waals surface area (Å²) in [6.45, 7) is 1.85. The van der Waals surface area contributed by atoms with Gasteiger partial charge in [-0.3, -0.25) is 0 Å². The number of hydrogen-bond donors (Lipinski definition) is 1. The van der Waals surface area contributed by atoms with E-state index in [2.05, 4.69) is 21.7 Å². The molecule has 0 saturated heterocycles. The number of thiophene rings is 1. The Balaban J connectivity index is 1.67. The Hall–Kier alpha value is -0.420. The largest absolute Gasteiger partial charge is 0.311 e. The van der Waals surface area contributed by atoms with E-state index in [1.54, 1.807) is 22.7 Å². The zero-order chi connectivity index (χ0) is 10.5. The molecule has 0 fully saturated rings. The van der Waals surface area contributed by atoms with Gasteiger partial charge in [0.25, 0.3) is 0 Å². The quantitative estimate of drug-likeness (QED) is 0.834. The molecule has 0 atom stereocenters. The maximum atomic E-state index is 5.84. The van der Waals surface area contributed by atoms with Crippen molar-refractivity contribution in [2.75, 3.05) is 6.54 Å². The highest BCUT2D eigenvalue weighted by molar-refractivity contribution is 7.16. The summed E-state index contributed by atoms with van der Waals surface area (Å²) in [5.41, 5.74) is 3.03. The molecule has 0 aliphatic heterocycles. The van der Waals surface area contributed by atoms with Gasteiger partial charge in [0.05, 0.1) is 15.5 Å². The van der Waals surface area contributed by atoms with Crippen LogP contribution in [0, 0.1) is 0 Å². The van der Waals surface area contributed by atoms with Crippen molar-refractivity contribution in [1.82, 2.24) is 10.3 Å². The van der Waals surface area contributed by atoms with E-state index in [9.17, 15) is 0 Å². The first kappa shape index (κ1) is 11.1. The molecule has 0 unspecified atom stereocenters. The number of hydrogen-bond acceptors (Lipinski definition) is 4. The zero-order valence-corrected chi connectivity index (χ0v) is 10.5. The van der Waals surface area contributed by atoms with E-state index in [0.29, 0.717) is 0 Å². The summed E-state index contributed by atoms with van der Waals surface area (Å²) < 4.78 is 0.853. The van der Waals surface area contributed by atoms with Gasteiger partial charge < -0.3 is 5.32 Å². The van der Waals surface area contributed by atoms with Crippen LogP contribution >= 0.6 is 34.3 Å². The minimum atomic E-state index is 0.853. The standard InChI is InChI=1S/C10H11ClN2S2/c11-10-2-1-9(15-10)5-12-4-3-8-6-14-7-13-8/h1-2,6-7,12H,3-5H2. The molecule has 2 nitrogen and oxygen atoms in total. The molecular weight excluding hydrogens is 248 g/mol. The lowest BCUT2D eigenvalue weighted by molar-refractivity contribution is 0.688. The lowest BCUT2D eigenvalue weighted by Gasteiger charge is -2.00. The Morgan fingerprint density at radius 1 is 1.40 bits per heavy atom. The van der Waals surface area contributed by atoms with Gasteiger partial charge in [-0.2, -0.15) is 0 Å². The van der Waals surface area contributed by atoms with Crippen LogP contribution in [-0.2, 0) is 13.0 Å². The molecule has 2 rings (SSSR count). The van der Waals surface area contributed by atoms with E-state index >= 15 is 0 Å². The van der Waals surface area contributed by atoms with Gasteiger partial charge in [0.1, 0.15) is 0 Å². The summed E-state index contributed by atoms with van der Waals surface area (Å²) in [6.07, 6.45) is 0.989. The average molecular weight is 259 g/mol. The molecule has 2 heterocycles. The maximum absolute atomic E-state index is 5.84. The second-order valence-electron chi connectivity index (χ2n) is 3.11. The molecule has 0 bridgehead atoms. The van der Waals surface area contributed by atoms with Gasteiger partial charge >= 0.3 is 0 Å². The maximum Gasteiger partial charge on any atom is 0.0931 e. The van der Waals surface area contributed by atoms with Crippen LogP contribution in [0.3, 0.4) is 0 Å². The van der Waals surface area contributed by atoms with Gasteiger partial charge in [-0.25, -0.2) is 4.98 Å². The van der Waals surface area contributed by atoms with E-state index in [-0.39, 0.29) is 0 Å². The zero-order valence-electron chi connectivity index (χ0n) is 8.07. The summed E-state index contributed by atoms with van der Waals surface area (Å²) in [5.74, 6) is 0. The number of halogens is 1. The van der Waals surface area contributed by atoms with Crippen LogP contribution in [-0.4, -0.2) is 11.5 Å². The van der Waals surface area contributed by atoms with Crippen molar-refractivity contribution in [3.05, 3.63) is 37.9 Å². The fourth-order valence-corrected chi connectivity index (χ4v) is 2.89. The summed E-state index contributed by atoms with van der Waals surface area (Å²) in [7, 11) is 0. The van der Waals surface area contributed by atoms with E-state index in [1.165, 1.54) is 4.88 Å². The van der Waals surface area contributed by atoms with E-state index in [0.717, 1.165) is 29.5 Å². The SMILES string of the molecule is Clc1ccc(CNCCc2cscn2)s1. The second kappa shape index (κ2) is 5.61. The number of thiazole rings is 1. The normalized spacial score (nSPS) is 10.7. The van der Waals surface area contributed by atoms with Crippen LogP contribution in [0.1, 0.15) is 10.6 Å². The minimum absolute atomic E-state index is 0.853. The molecule has 5 heteroatoms. The topological polar surface area (TPSA) is 24.9 Å². The molecule has 15 heavy (non-hydrogen) atoms. The van der Waals surface area contributed by atoms with Crippen molar-refractivity contribution < 1.29 is 0 Å². The molecule has 0 aliphatic carbocycles. The molecule has 80 valence electrons. The van der Waals surface area contributed by atoms with Crippen LogP contribution in [0.4, 0.5) is 0 Å². The van der Waals surface area contributed by atoms with Crippen molar-refractivity contribution in [2.24, 2.45) is 0 Å². The fourth-order valence-electron chi connectivity index (χ4n) is 1.24. The number of rotatable bonds is 5. The van der Waals surface area contributed by atoms with Gasteiger partial charge in [-0.05, 0) is 12.1 Å². The summed E-state index contributed by atoms with van der Waals surface area (Å²) in [6, 6.07) is 3.99. The number of nitrogens with zero attached hydrogens (tertiary/aromatic N) is 1. The molecule has 1 N–H and O–H groups in total. The first-order chi connectivity index (χ1) is 7.34. The third kappa shape index (κ3) is 3.57. The molecule has 0 radical (unpaired) electrons. The van der Waals surface area contributed by atoms with E-state index < -0.39 is 0 Å². The molecule has 0 spiro atoms. The predicted molar refractivity (Wildman–Crippen MR) is 66.9 cm³/mol. The van der Waals surface area contributed by atoms with Gasteiger partial charge in [0, 0.05) is 29.8 Å². The van der Waals surface area contributed by atoms with Crippen LogP contribution in [0.25, 0.3) is 0 Å². The summed E-state index contributed by atoms with van der Waals surface area (Å²) in [5, 5.41) is 5.46. The molecule has 2 aromatic heterocycles. The van der Waals surface area contributed by atoms with Crippen molar-refractivity contribution in [1.29, 1.82) is 0 Å². The van der Waals surface area contributed by atoms with E-state index in [4.69, 9.17) is 11.6 Å². The number of nitrogens with one attached hydrogen (secondary N) is 1. The molecule has 2 aromatic rings. The third-order valence-electron chi connectivity index (χ3n) is 1.97. The van der Waals surface area contributed by atoms with Crippen LogP contribution in [0.5, 0.6) is 0 Å². The summed E-state index contributed by atoms with van der Waals surface area (Å²) >= 11 is 9.10. The first-order valence-corrected chi connectivity index (χ1v) is 6.80. The molecule has 0 saturated carbocycles. The van der Waals surface area contributed by atoms with Crippen LogP contribution in [0.2, 0.25) is 4.34 Å². The Kier molecular flexibility index (Phi) is 4.14. The van der Waals surface area contributed by atoms with Crippen molar-refractivity contribution in [3.63, 3.8) is 0 Å². The van der Waals surface area contributed by atoms with Gasteiger partial charge in [-0.1, -0.05) is 11.6 Å². The van der Waals surface area contributed by atoms with Crippen LogP contribution in [0.15, 0.2) is 23.0 Å². The van der Waals surface area contributed by atoms with Crippen molar-refractivity contribution >= 4 is 34.3 Å². The van der Waals surface area contributed by atoms with Crippen molar-refractivity contribution in [2.45, 2.75) is 13.0 Å².